The van der Waals surface area contributed by atoms with Gasteiger partial charge in [-0.05, 0) is 43.9 Å². The molecule has 2 aromatic rings. The molecule has 0 bridgehead atoms. The molecular weight excluding hydrogens is 366 g/mol. The van der Waals surface area contributed by atoms with Crippen molar-refractivity contribution >= 4 is 21.6 Å². The second-order valence-electron chi connectivity index (χ2n) is 5.76. The number of pyridine rings is 1. The van der Waals surface area contributed by atoms with Crippen LogP contribution in [0.4, 0.5) is 0 Å². The minimum Gasteiger partial charge on any atom is -0.454 e. The lowest BCUT2D eigenvalue weighted by atomic mass is 10.1. The Morgan fingerprint density at radius 2 is 2.00 bits per heavy atom. The zero-order valence-electron chi connectivity index (χ0n) is 13.8. The van der Waals surface area contributed by atoms with Crippen molar-refractivity contribution in [2.24, 2.45) is 0 Å². The summed E-state index contributed by atoms with van der Waals surface area (Å²) >= 11 is 5.70. The molecule has 1 atom stereocenters. The van der Waals surface area contributed by atoms with Crippen molar-refractivity contribution in [3.63, 3.8) is 0 Å². The topological polar surface area (TPSA) is 80.8 Å². The quantitative estimate of drug-likeness (QED) is 0.769. The first-order valence-electron chi connectivity index (χ1n) is 7.54. The molecule has 1 N–H and O–H groups in total. The molecule has 1 aromatic heterocycles. The maximum atomic E-state index is 12.4. The number of likely N-dealkylation sites (N-methyl/N-ethyl adjacent to an activating group) is 1. The maximum Gasteiger partial charge on any atom is 0.242 e. The second-order valence-corrected chi connectivity index (χ2v) is 7.91. The first-order chi connectivity index (χ1) is 11.9. The molecule has 3 rings (SSSR count). The highest BCUT2D eigenvalue weighted by Gasteiger charge is 2.22. The maximum absolute atomic E-state index is 12.4. The van der Waals surface area contributed by atoms with Gasteiger partial charge < -0.3 is 14.4 Å². The first-order valence-corrected chi connectivity index (χ1v) is 9.40. The van der Waals surface area contributed by atoms with Gasteiger partial charge in [-0.25, -0.2) is 18.1 Å². The number of benzene rings is 1. The Hall–Kier alpha value is -1.87. The lowest BCUT2D eigenvalue weighted by Crippen LogP contribution is -2.34. The van der Waals surface area contributed by atoms with Crippen LogP contribution in [-0.4, -0.2) is 45.7 Å². The fourth-order valence-electron chi connectivity index (χ4n) is 2.51. The van der Waals surface area contributed by atoms with Gasteiger partial charge in [0.15, 0.2) is 11.5 Å². The normalized spacial score (nSPS) is 14.7. The van der Waals surface area contributed by atoms with Gasteiger partial charge in [-0.2, -0.15) is 0 Å². The van der Waals surface area contributed by atoms with Gasteiger partial charge in [-0.3, -0.25) is 0 Å². The van der Waals surface area contributed by atoms with Crippen molar-refractivity contribution in [1.29, 1.82) is 0 Å². The summed E-state index contributed by atoms with van der Waals surface area (Å²) in [5.41, 5.74) is 0.922. The number of ether oxygens (including phenoxy) is 2. The van der Waals surface area contributed by atoms with Crippen LogP contribution in [0.15, 0.2) is 41.4 Å². The van der Waals surface area contributed by atoms with Crippen LogP contribution in [0.2, 0.25) is 5.15 Å². The Morgan fingerprint density at radius 1 is 1.24 bits per heavy atom. The van der Waals surface area contributed by atoms with Crippen LogP contribution in [0.1, 0.15) is 11.6 Å². The van der Waals surface area contributed by atoms with Crippen LogP contribution in [0.5, 0.6) is 11.5 Å². The zero-order chi connectivity index (χ0) is 18.0. The molecule has 1 aliphatic heterocycles. The van der Waals surface area contributed by atoms with E-state index in [2.05, 4.69) is 9.71 Å². The lowest BCUT2D eigenvalue weighted by molar-refractivity contribution is 0.174. The monoisotopic (exact) mass is 383 g/mol. The number of sulfonamides is 1. The molecule has 134 valence electrons. The summed E-state index contributed by atoms with van der Waals surface area (Å²) < 4.78 is 38.2. The van der Waals surface area contributed by atoms with Crippen molar-refractivity contribution in [2.75, 3.05) is 27.4 Å². The summed E-state index contributed by atoms with van der Waals surface area (Å²) in [6.07, 6.45) is 1.23. The van der Waals surface area contributed by atoms with Crippen LogP contribution in [-0.2, 0) is 10.0 Å². The molecule has 0 saturated carbocycles. The third-order valence-corrected chi connectivity index (χ3v) is 5.51. The van der Waals surface area contributed by atoms with Crippen molar-refractivity contribution < 1.29 is 17.9 Å². The summed E-state index contributed by atoms with van der Waals surface area (Å²) in [5.74, 6) is 1.35. The number of fused-ring (bicyclic) bond motifs is 1. The Balaban J connectivity index is 1.77. The number of aromatic nitrogens is 1. The predicted molar refractivity (Wildman–Crippen MR) is 93.4 cm³/mol. The third kappa shape index (κ3) is 4.04. The Morgan fingerprint density at radius 3 is 2.68 bits per heavy atom. The van der Waals surface area contributed by atoms with Gasteiger partial charge in [0.1, 0.15) is 10.0 Å². The molecule has 1 aliphatic rings. The van der Waals surface area contributed by atoms with E-state index in [0.29, 0.717) is 11.5 Å². The van der Waals surface area contributed by atoms with Gasteiger partial charge in [0.05, 0.1) is 0 Å². The van der Waals surface area contributed by atoms with Gasteiger partial charge in [-0.15, -0.1) is 0 Å². The van der Waals surface area contributed by atoms with E-state index in [1.54, 1.807) is 0 Å². The molecule has 0 amide bonds. The molecule has 0 fully saturated rings. The fraction of sp³-hybridized carbons (Fsp3) is 0.312. The number of rotatable bonds is 6. The SMILES string of the molecule is CN(C)C(CNS(=O)(=O)c1ccc(Cl)nc1)c1ccc2c(c1)OCO2. The summed E-state index contributed by atoms with van der Waals surface area (Å²) in [4.78, 5) is 5.81. The van der Waals surface area contributed by atoms with Gasteiger partial charge >= 0.3 is 0 Å². The fourth-order valence-corrected chi connectivity index (χ4v) is 3.61. The number of hydrogen-bond acceptors (Lipinski definition) is 6. The molecule has 0 radical (unpaired) electrons. The summed E-state index contributed by atoms with van der Waals surface area (Å²) in [7, 11) is 0.0858. The highest BCUT2D eigenvalue weighted by molar-refractivity contribution is 7.89. The minimum absolute atomic E-state index is 0.0695. The highest BCUT2D eigenvalue weighted by Crippen LogP contribution is 2.35. The van der Waals surface area contributed by atoms with E-state index in [-0.39, 0.29) is 29.4 Å². The van der Waals surface area contributed by atoms with Gasteiger partial charge in [-0.1, -0.05) is 17.7 Å². The van der Waals surface area contributed by atoms with E-state index in [9.17, 15) is 8.42 Å². The third-order valence-electron chi connectivity index (χ3n) is 3.88. The Bertz CT molecular complexity index is 856. The largest absolute Gasteiger partial charge is 0.454 e. The molecule has 0 saturated heterocycles. The average Bonchev–Trinajstić information content (AvgIpc) is 3.02. The van der Waals surface area contributed by atoms with E-state index >= 15 is 0 Å². The molecule has 2 heterocycles. The van der Waals surface area contributed by atoms with E-state index in [0.717, 1.165) is 5.56 Å². The predicted octanol–water partition coefficient (Wildman–Crippen LogP) is 2.04. The van der Waals surface area contributed by atoms with Crippen LogP contribution in [0.25, 0.3) is 0 Å². The molecule has 0 aliphatic carbocycles. The van der Waals surface area contributed by atoms with Crippen LogP contribution >= 0.6 is 11.6 Å². The molecule has 1 aromatic carbocycles. The first kappa shape index (κ1) is 17.9. The van der Waals surface area contributed by atoms with E-state index < -0.39 is 10.0 Å². The number of hydrogen-bond donors (Lipinski definition) is 1. The molecule has 1 unspecified atom stereocenters. The lowest BCUT2D eigenvalue weighted by Gasteiger charge is -2.25. The summed E-state index contributed by atoms with van der Waals surface area (Å²) in [5, 5.41) is 0.241. The second kappa shape index (κ2) is 7.17. The van der Waals surface area contributed by atoms with Crippen LogP contribution < -0.4 is 14.2 Å². The number of nitrogens with zero attached hydrogens (tertiary/aromatic N) is 2. The molecule has 7 nitrogen and oxygen atoms in total. The molecule has 9 heteroatoms. The van der Waals surface area contributed by atoms with Crippen molar-refractivity contribution in [2.45, 2.75) is 10.9 Å². The van der Waals surface area contributed by atoms with E-state index in [1.807, 2.05) is 37.2 Å². The molecule has 0 spiro atoms. The minimum atomic E-state index is -3.68. The number of nitrogens with one attached hydrogen (secondary N) is 1. The smallest absolute Gasteiger partial charge is 0.242 e. The van der Waals surface area contributed by atoms with E-state index in [4.69, 9.17) is 21.1 Å². The van der Waals surface area contributed by atoms with Crippen molar-refractivity contribution in [1.82, 2.24) is 14.6 Å². The van der Waals surface area contributed by atoms with Gasteiger partial charge in [0.2, 0.25) is 16.8 Å². The van der Waals surface area contributed by atoms with Crippen LogP contribution in [0.3, 0.4) is 0 Å². The average molecular weight is 384 g/mol. The Kier molecular flexibility index (Phi) is 5.14. The van der Waals surface area contributed by atoms with Crippen LogP contribution in [0, 0.1) is 0 Å². The highest BCUT2D eigenvalue weighted by atomic mass is 35.5. The Labute approximate surface area is 151 Å². The summed E-state index contributed by atoms with van der Waals surface area (Å²) in [6, 6.07) is 8.28. The standard InChI is InChI=1S/C16H18ClN3O4S/c1-20(2)13(11-3-5-14-15(7-11)24-10-23-14)9-19-25(21,22)12-4-6-16(17)18-8-12/h3-8,13,19H,9-10H2,1-2H3. The summed E-state index contributed by atoms with van der Waals surface area (Å²) in [6.45, 7) is 0.388. The van der Waals surface area contributed by atoms with Gasteiger partial charge in [0, 0.05) is 18.8 Å². The van der Waals surface area contributed by atoms with Crippen molar-refractivity contribution in [3.8, 4) is 11.5 Å². The zero-order valence-corrected chi connectivity index (χ0v) is 15.3. The van der Waals surface area contributed by atoms with Gasteiger partial charge in [0.25, 0.3) is 0 Å². The number of halogens is 1. The van der Waals surface area contributed by atoms with E-state index in [1.165, 1.54) is 18.3 Å². The van der Waals surface area contributed by atoms with Crippen molar-refractivity contribution in [3.05, 3.63) is 47.2 Å². The molecular formula is C16H18ClN3O4S. The molecule has 25 heavy (non-hydrogen) atoms.